The van der Waals surface area contributed by atoms with Gasteiger partial charge in [0.05, 0.1) is 11.9 Å². The quantitative estimate of drug-likeness (QED) is 0.580. The molecule has 0 aromatic heterocycles. The molecule has 0 heterocycles. The van der Waals surface area contributed by atoms with E-state index in [2.05, 4.69) is 31.9 Å². The van der Waals surface area contributed by atoms with Crippen molar-refractivity contribution in [1.29, 1.82) is 0 Å². The van der Waals surface area contributed by atoms with Gasteiger partial charge in [-0.25, -0.2) is 5.06 Å². The Morgan fingerprint density at radius 1 is 1.73 bits per heavy atom. The molecule has 0 radical (unpaired) electrons. The van der Waals surface area contributed by atoms with Crippen molar-refractivity contribution >= 4 is 37.8 Å². The molecule has 0 bridgehead atoms. The SMILES string of the molecule is CON(C)C(=O)C(Br)CCBr. The second-order valence-electron chi connectivity index (χ2n) is 1.96. The molecule has 66 valence electrons. The fourth-order valence-electron chi connectivity index (χ4n) is 0.507. The van der Waals surface area contributed by atoms with Gasteiger partial charge in [0.1, 0.15) is 0 Å². The first-order valence-corrected chi connectivity index (χ1v) is 5.19. The third-order valence-electron chi connectivity index (χ3n) is 1.21. The molecule has 0 aliphatic rings. The topological polar surface area (TPSA) is 29.5 Å². The van der Waals surface area contributed by atoms with Crippen molar-refractivity contribution in [3.05, 3.63) is 0 Å². The molecule has 0 saturated carbocycles. The Balaban J connectivity index is 3.81. The van der Waals surface area contributed by atoms with E-state index in [1.54, 1.807) is 7.05 Å². The smallest absolute Gasteiger partial charge is 0.259 e. The van der Waals surface area contributed by atoms with Gasteiger partial charge in [-0.15, -0.1) is 0 Å². The minimum Gasteiger partial charge on any atom is -0.275 e. The highest BCUT2D eigenvalue weighted by atomic mass is 79.9. The second kappa shape index (κ2) is 5.97. The predicted molar refractivity (Wildman–Crippen MR) is 50.9 cm³/mol. The van der Waals surface area contributed by atoms with Gasteiger partial charge < -0.3 is 0 Å². The number of rotatable bonds is 4. The minimum absolute atomic E-state index is 0.0630. The molecule has 0 saturated heterocycles. The van der Waals surface area contributed by atoms with Gasteiger partial charge in [-0.3, -0.25) is 9.63 Å². The number of alkyl halides is 2. The van der Waals surface area contributed by atoms with E-state index in [9.17, 15) is 4.79 Å². The van der Waals surface area contributed by atoms with Crippen LogP contribution in [0.15, 0.2) is 0 Å². The summed E-state index contributed by atoms with van der Waals surface area (Å²) in [5, 5.41) is 2.01. The van der Waals surface area contributed by atoms with E-state index in [1.165, 1.54) is 12.2 Å². The monoisotopic (exact) mass is 287 g/mol. The standard InChI is InChI=1S/C6H11Br2NO2/c1-9(11-2)6(10)5(8)3-4-7/h5H,3-4H2,1-2H3. The molecule has 0 aromatic rings. The van der Waals surface area contributed by atoms with Crippen LogP contribution in [0.5, 0.6) is 0 Å². The summed E-state index contributed by atoms with van der Waals surface area (Å²) in [5.74, 6) is -0.0630. The molecular weight excluding hydrogens is 278 g/mol. The average Bonchev–Trinajstić information content (AvgIpc) is 2.02. The largest absolute Gasteiger partial charge is 0.275 e. The number of halogens is 2. The number of carbonyl (C=O) groups is 1. The van der Waals surface area contributed by atoms with Crippen LogP contribution in [0, 0.1) is 0 Å². The molecule has 0 rings (SSSR count). The molecule has 0 aliphatic carbocycles. The average molecular weight is 289 g/mol. The molecule has 5 heteroatoms. The van der Waals surface area contributed by atoms with E-state index in [-0.39, 0.29) is 10.7 Å². The van der Waals surface area contributed by atoms with E-state index in [0.29, 0.717) is 0 Å². The third-order valence-corrected chi connectivity index (χ3v) is 2.52. The summed E-state index contributed by atoms with van der Waals surface area (Å²) in [5.41, 5.74) is 0. The Bertz CT molecular complexity index is 132. The van der Waals surface area contributed by atoms with E-state index >= 15 is 0 Å². The number of hydrogen-bond acceptors (Lipinski definition) is 2. The number of hydroxylamine groups is 2. The number of nitrogens with zero attached hydrogens (tertiary/aromatic N) is 1. The minimum atomic E-state index is -0.160. The highest BCUT2D eigenvalue weighted by molar-refractivity contribution is 9.10. The van der Waals surface area contributed by atoms with Crippen LogP contribution in [0.3, 0.4) is 0 Å². The van der Waals surface area contributed by atoms with Gasteiger partial charge in [-0.1, -0.05) is 31.9 Å². The molecule has 1 unspecified atom stereocenters. The predicted octanol–water partition coefficient (Wildman–Crippen LogP) is 1.55. The summed E-state index contributed by atoms with van der Waals surface area (Å²) in [4.78, 5) is 15.8. The lowest BCUT2D eigenvalue weighted by molar-refractivity contribution is -0.167. The van der Waals surface area contributed by atoms with Crippen molar-refractivity contribution in [2.75, 3.05) is 19.5 Å². The van der Waals surface area contributed by atoms with Gasteiger partial charge >= 0.3 is 0 Å². The molecule has 3 nitrogen and oxygen atoms in total. The lowest BCUT2D eigenvalue weighted by Gasteiger charge is -2.16. The highest BCUT2D eigenvalue weighted by Crippen LogP contribution is 2.09. The van der Waals surface area contributed by atoms with Gasteiger partial charge in [-0.05, 0) is 6.42 Å². The van der Waals surface area contributed by atoms with Crippen LogP contribution in [0.1, 0.15) is 6.42 Å². The molecule has 1 atom stereocenters. The van der Waals surface area contributed by atoms with Gasteiger partial charge in [-0.2, -0.15) is 0 Å². The van der Waals surface area contributed by atoms with Crippen LogP contribution in [0.2, 0.25) is 0 Å². The zero-order chi connectivity index (χ0) is 8.85. The van der Waals surface area contributed by atoms with Crippen LogP contribution < -0.4 is 0 Å². The highest BCUT2D eigenvalue weighted by Gasteiger charge is 2.17. The second-order valence-corrected chi connectivity index (χ2v) is 3.86. The molecular formula is C6H11Br2NO2. The maximum Gasteiger partial charge on any atom is 0.259 e. The zero-order valence-corrected chi connectivity index (χ0v) is 9.68. The molecule has 0 aliphatic heterocycles. The Morgan fingerprint density at radius 2 is 2.27 bits per heavy atom. The van der Waals surface area contributed by atoms with Crippen LogP contribution in [-0.2, 0) is 9.63 Å². The molecule has 0 aromatic carbocycles. The first kappa shape index (κ1) is 11.4. The van der Waals surface area contributed by atoms with Crippen LogP contribution >= 0.6 is 31.9 Å². The fraction of sp³-hybridized carbons (Fsp3) is 0.833. The van der Waals surface area contributed by atoms with Gasteiger partial charge in [0, 0.05) is 12.4 Å². The first-order chi connectivity index (χ1) is 5.13. The summed E-state index contributed by atoms with van der Waals surface area (Å²) < 4.78 is 0. The summed E-state index contributed by atoms with van der Waals surface area (Å²) in [6.45, 7) is 0. The van der Waals surface area contributed by atoms with Gasteiger partial charge in [0.2, 0.25) is 0 Å². The van der Waals surface area contributed by atoms with Crippen molar-refractivity contribution in [3.63, 3.8) is 0 Å². The van der Waals surface area contributed by atoms with Crippen LogP contribution in [-0.4, -0.2) is 35.3 Å². The molecule has 0 spiro atoms. The Kier molecular flexibility index (Phi) is 6.18. The number of hydrogen-bond donors (Lipinski definition) is 0. The lowest BCUT2D eigenvalue weighted by atomic mass is 10.3. The maximum absolute atomic E-state index is 11.2. The Morgan fingerprint density at radius 3 is 2.64 bits per heavy atom. The van der Waals surface area contributed by atoms with E-state index < -0.39 is 0 Å². The van der Waals surface area contributed by atoms with Crippen molar-refractivity contribution in [2.45, 2.75) is 11.2 Å². The first-order valence-electron chi connectivity index (χ1n) is 3.15. The van der Waals surface area contributed by atoms with Gasteiger partial charge in [0.15, 0.2) is 0 Å². The third kappa shape index (κ3) is 4.08. The zero-order valence-electron chi connectivity index (χ0n) is 6.51. The maximum atomic E-state index is 11.2. The van der Waals surface area contributed by atoms with E-state index in [4.69, 9.17) is 4.84 Å². The van der Waals surface area contributed by atoms with Gasteiger partial charge in [0.25, 0.3) is 5.91 Å². The van der Waals surface area contributed by atoms with E-state index in [0.717, 1.165) is 11.8 Å². The van der Waals surface area contributed by atoms with Crippen LogP contribution in [0.25, 0.3) is 0 Å². The van der Waals surface area contributed by atoms with Crippen molar-refractivity contribution in [1.82, 2.24) is 5.06 Å². The van der Waals surface area contributed by atoms with Crippen molar-refractivity contribution in [2.24, 2.45) is 0 Å². The summed E-state index contributed by atoms with van der Waals surface area (Å²) >= 11 is 6.49. The molecule has 11 heavy (non-hydrogen) atoms. The fourth-order valence-corrected chi connectivity index (χ4v) is 2.10. The molecule has 0 N–H and O–H groups in total. The Hall–Kier alpha value is 0.390. The Labute approximate surface area is 83.3 Å². The summed E-state index contributed by atoms with van der Waals surface area (Å²) in [6, 6.07) is 0. The lowest BCUT2D eigenvalue weighted by Crippen LogP contribution is -2.32. The molecule has 1 amide bonds. The molecule has 0 fully saturated rings. The summed E-state index contributed by atoms with van der Waals surface area (Å²) in [7, 11) is 3.05. The van der Waals surface area contributed by atoms with Crippen LogP contribution in [0.4, 0.5) is 0 Å². The normalized spacial score (nSPS) is 12.7. The van der Waals surface area contributed by atoms with E-state index in [1.807, 2.05) is 0 Å². The number of amides is 1. The summed E-state index contributed by atoms with van der Waals surface area (Å²) in [6.07, 6.45) is 0.756. The number of carbonyl (C=O) groups excluding carboxylic acids is 1. The van der Waals surface area contributed by atoms with Crippen molar-refractivity contribution < 1.29 is 9.63 Å². The van der Waals surface area contributed by atoms with Crippen molar-refractivity contribution in [3.8, 4) is 0 Å².